The van der Waals surface area contributed by atoms with E-state index in [1.165, 1.54) is 0 Å². The number of imidazole rings is 1. The predicted octanol–water partition coefficient (Wildman–Crippen LogP) is 5.89. The van der Waals surface area contributed by atoms with Crippen molar-refractivity contribution < 1.29 is 18.7 Å². The van der Waals surface area contributed by atoms with Crippen LogP contribution in [0.15, 0.2) is 66.7 Å². The zero-order chi connectivity index (χ0) is 21.3. The van der Waals surface area contributed by atoms with Crippen LogP contribution in [0.3, 0.4) is 0 Å². The van der Waals surface area contributed by atoms with Gasteiger partial charge in [-0.1, -0.05) is 30.3 Å². The summed E-state index contributed by atoms with van der Waals surface area (Å²) in [5, 5.41) is 10.9. The van der Waals surface area contributed by atoms with Gasteiger partial charge in [0, 0.05) is 23.1 Å². The smallest absolute Gasteiger partial charge is 0.200 e. The summed E-state index contributed by atoms with van der Waals surface area (Å²) in [6, 6.07) is 16.3. The minimum absolute atomic E-state index is 0.0830. The first-order chi connectivity index (χ1) is 14.5. The number of aliphatic hydroxyl groups excluding tert-OH is 1. The number of para-hydroxylation sites is 2. The van der Waals surface area contributed by atoms with Gasteiger partial charge in [0.25, 0.3) is 0 Å². The van der Waals surface area contributed by atoms with Gasteiger partial charge in [-0.15, -0.1) is 11.6 Å². The van der Waals surface area contributed by atoms with Gasteiger partial charge in [0.05, 0.1) is 11.0 Å². The number of H-pyrrole nitrogens is 1. The molecular formula is C23H15ClF2N2O2. The Morgan fingerprint density at radius 1 is 0.967 bits per heavy atom. The number of nitrogens with one attached hydrogen (secondary N) is 1. The van der Waals surface area contributed by atoms with Crippen LogP contribution < -0.4 is 0 Å². The number of carbonyl (C=O) groups excluding carboxylic acids is 1. The average molecular weight is 425 g/mol. The van der Waals surface area contributed by atoms with Gasteiger partial charge in [0.2, 0.25) is 5.78 Å². The van der Waals surface area contributed by atoms with E-state index in [1.54, 1.807) is 48.5 Å². The standard InChI is InChI=1S/C23H15ClF2N2O2/c24-12-13-4-3-5-14(8-13)21(29)20(22(30)15-9-16(25)11-17(26)10-15)23-27-18-6-1-2-7-19(18)28-23/h1-11,30H,12H2,(H,27,28). The summed E-state index contributed by atoms with van der Waals surface area (Å²) in [6.45, 7) is 0. The Bertz CT molecular complexity index is 1240. The second-order valence-corrected chi connectivity index (χ2v) is 6.91. The normalized spacial score (nSPS) is 12.1. The van der Waals surface area contributed by atoms with Crippen LogP contribution in [0.5, 0.6) is 0 Å². The molecule has 0 unspecified atom stereocenters. The van der Waals surface area contributed by atoms with Gasteiger partial charge in [-0.2, -0.15) is 0 Å². The molecule has 0 saturated heterocycles. The third-order valence-electron chi connectivity index (χ3n) is 4.57. The molecule has 0 fully saturated rings. The van der Waals surface area contributed by atoms with E-state index in [4.69, 9.17) is 11.6 Å². The number of aromatic nitrogens is 2. The van der Waals surface area contributed by atoms with Gasteiger partial charge >= 0.3 is 0 Å². The van der Waals surface area contributed by atoms with Crippen molar-refractivity contribution in [2.45, 2.75) is 5.88 Å². The summed E-state index contributed by atoms with van der Waals surface area (Å²) in [5.74, 6) is -2.63. The SMILES string of the molecule is O=C(C(=C(O)c1cc(F)cc(F)c1)c1nc2ccccc2[nH]1)c1cccc(CCl)c1. The van der Waals surface area contributed by atoms with Crippen LogP contribution in [0.4, 0.5) is 8.78 Å². The minimum atomic E-state index is -0.878. The van der Waals surface area contributed by atoms with Crippen LogP contribution in [0.1, 0.15) is 27.3 Å². The number of fused-ring (bicyclic) bond motifs is 1. The van der Waals surface area contributed by atoms with E-state index in [1.807, 2.05) is 0 Å². The number of nitrogens with zero attached hydrogens (tertiary/aromatic N) is 1. The predicted molar refractivity (Wildman–Crippen MR) is 112 cm³/mol. The van der Waals surface area contributed by atoms with Crippen LogP contribution in [0.2, 0.25) is 0 Å². The molecule has 0 aliphatic carbocycles. The lowest BCUT2D eigenvalue weighted by Crippen LogP contribution is -2.08. The Kier molecular flexibility index (Phi) is 5.33. The van der Waals surface area contributed by atoms with Crippen molar-refractivity contribution in [2.75, 3.05) is 0 Å². The Morgan fingerprint density at radius 3 is 2.40 bits per heavy atom. The number of rotatable bonds is 5. The maximum atomic E-state index is 13.7. The Morgan fingerprint density at radius 2 is 1.70 bits per heavy atom. The zero-order valence-corrected chi connectivity index (χ0v) is 16.3. The number of halogens is 3. The summed E-state index contributed by atoms with van der Waals surface area (Å²) >= 11 is 5.87. The van der Waals surface area contributed by atoms with E-state index in [9.17, 15) is 18.7 Å². The fourth-order valence-corrected chi connectivity index (χ4v) is 3.34. The second-order valence-electron chi connectivity index (χ2n) is 6.65. The summed E-state index contributed by atoms with van der Waals surface area (Å²) in [5.41, 5.74) is 1.80. The number of aromatic amines is 1. The Labute approximate surface area is 175 Å². The molecule has 4 aromatic rings. The highest BCUT2D eigenvalue weighted by molar-refractivity contribution is 6.33. The van der Waals surface area contributed by atoms with Crippen molar-refractivity contribution in [3.8, 4) is 0 Å². The molecule has 150 valence electrons. The highest BCUT2D eigenvalue weighted by Gasteiger charge is 2.24. The molecule has 7 heteroatoms. The fourth-order valence-electron chi connectivity index (χ4n) is 3.17. The van der Waals surface area contributed by atoms with Crippen molar-refractivity contribution in [3.05, 3.63) is 101 Å². The maximum absolute atomic E-state index is 13.7. The first-order valence-corrected chi connectivity index (χ1v) is 9.54. The average Bonchev–Trinajstić information content (AvgIpc) is 3.16. The molecule has 0 bridgehead atoms. The topological polar surface area (TPSA) is 66.0 Å². The van der Waals surface area contributed by atoms with E-state index in [0.29, 0.717) is 22.7 Å². The lowest BCUT2D eigenvalue weighted by molar-refractivity contribution is 0.105. The third kappa shape index (κ3) is 3.82. The van der Waals surface area contributed by atoms with E-state index in [2.05, 4.69) is 9.97 Å². The molecule has 4 rings (SSSR count). The highest BCUT2D eigenvalue weighted by Crippen LogP contribution is 2.29. The van der Waals surface area contributed by atoms with Gasteiger partial charge < -0.3 is 10.1 Å². The first-order valence-electron chi connectivity index (χ1n) is 9.00. The summed E-state index contributed by atoms with van der Waals surface area (Å²) in [4.78, 5) is 20.7. The third-order valence-corrected chi connectivity index (χ3v) is 4.88. The summed E-state index contributed by atoms with van der Waals surface area (Å²) < 4.78 is 27.5. The van der Waals surface area contributed by atoms with Gasteiger partial charge in [0.1, 0.15) is 28.8 Å². The van der Waals surface area contributed by atoms with E-state index >= 15 is 0 Å². The monoisotopic (exact) mass is 424 g/mol. The first kappa shape index (κ1) is 19.8. The van der Waals surface area contributed by atoms with Crippen molar-refractivity contribution >= 4 is 39.7 Å². The Balaban J connectivity index is 1.95. The molecule has 0 atom stereocenters. The van der Waals surface area contributed by atoms with Crippen molar-refractivity contribution in [1.82, 2.24) is 9.97 Å². The minimum Gasteiger partial charge on any atom is -0.506 e. The molecule has 1 heterocycles. The van der Waals surface area contributed by atoms with E-state index in [-0.39, 0.29) is 28.4 Å². The molecule has 2 N–H and O–H groups in total. The molecule has 0 amide bonds. The molecule has 3 aromatic carbocycles. The number of hydrogen-bond donors (Lipinski definition) is 2. The largest absolute Gasteiger partial charge is 0.506 e. The molecule has 0 saturated carbocycles. The lowest BCUT2D eigenvalue weighted by atomic mass is 9.97. The van der Waals surface area contributed by atoms with Gasteiger partial charge in [-0.25, -0.2) is 13.8 Å². The molecule has 1 aromatic heterocycles. The second kappa shape index (κ2) is 8.08. The van der Waals surface area contributed by atoms with Crippen molar-refractivity contribution in [2.24, 2.45) is 0 Å². The molecule has 30 heavy (non-hydrogen) atoms. The molecule has 0 aliphatic rings. The van der Waals surface area contributed by atoms with Crippen LogP contribution >= 0.6 is 11.6 Å². The number of benzene rings is 3. The van der Waals surface area contributed by atoms with E-state index < -0.39 is 23.2 Å². The number of alkyl halides is 1. The molecule has 0 spiro atoms. The lowest BCUT2D eigenvalue weighted by Gasteiger charge is -2.10. The number of hydrogen-bond acceptors (Lipinski definition) is 3. The maximum Gasteiger partial charge on any atom is 0.200 e. The molecule has 0 aliphatic heterocycles. The van der Waals surface area contributed by atoms with Crippen molar-refractivity contribution in [1.29, 1.82) is 0 Å². The van der Waals surface area contributed by atoms with Gasteiger partial charge in [0.15, 0.2) is 0 Å². The summed E-state index contributed by atoms with van der Waals surface area (Å²) in [7, 11) is 0. The van der Waals surface area contributed by atoms with Gasteiger partial charge in [-0.05, 0) is 35.9 Å². The number of carbonyl (C=O) groups is 1. The van der Waals surface area contributed by atoms with Crippen LogP contribution in [-0.2, 0) is 5.88 Å². The number of aliphatic hydroxyl groups is 1. The molecule has 0 radical (unpaired) electrons. The van der Waals surface area contributed by atoms with Crippen molar-refractivity contribution in [3.63, 3.8) is 0 Å². The number of ketones is 1. The number of Topliss-reactive ketones (excluding diaryl/α,β-unsaturated/α-hetero) is 1. The highest BCUT2D eigenvalue weighted by atomic mass is 35.5. The number of allylic oxidation sites excluding steroid dienone is 1. The van der Waals surface area contributed by atoms with Gasteiger partial charge in [-0.3, -0.25) is 4.79 Å². The Hall–Kier alpha value is -3.51. The fraction of sp³-hybridized carbons (Fsp3) is 0.0435. The summed E-state index contributed by atoms with van der Waals surface area (Å²) in [6.07, 6.45) is 0. The molecule has 4 nitrogen and oxygen atoms in total. The van der Waals surface area contributed by atoms with E-state index in [0.717, 1.165) is 12.1 Å². The van der Waals surface area contributed by atoms with Crippen LogP contribution in [-0.4, -0.2) is 20.9 Å². The quantitative estimate of drug-likeness (QED) is 0.182. The van der Waals surface area contributed by atoms with Crippen LogP contribution in [0, 0.1) is 11.6 Å². The zero-order valence-electron chi connectivity index (χ0n) is 15.5. The van der Waals surface area contributed by atoms with Crippen LogP contribution in [0.25, 0.3) is 22.4 Å². The molecular weight excluding hydrogens is 410 g/mol.